The topological polar surface area (TPSA) is 46.6 Å². The number of sulfonamides is 1. The van der Waals surface area contributed by atoms with Crippen LogP contribution >= 0.6 is 15.9 Å². The fourth-order valence-corrected chi connectivity index (χ4v) is 4.21. The number of ether oxygens (including phenoxy) is 1. The zero-order valence-corrected chi connectivity index (χ0v) is 13.5. The van der Waals surface area contributed by atoms with Gasteiger partial charge in [0.1, 0.15) is 0 Å². The fraction of sp³-hybridized carbons (Fsp3) is 0.538. The molecule has 0 amide bonds. The minimum absolute atomic E-state index is 0.298. The molecular weight excluding hydrogens is 330 g/mol. The van der Waals surface area contributed by atoms with Crippen molar-refractivity contribution in [2.45, 2.75) is 18.2 Å². The molecule has 1 aromatic rings. The highest BCUT2D eigenvalue weighted by Crippen LogP contribution is 2.26. The lowest BCUT2D eigenvalue weighted by atomic mass is 10.1. The van der Waals surface area contributed by atoms with E-state index in [4.69, 9.17) is 4.74 Å². The van der Waals surface area contributed by atoms with Crippen LogP contribution in [0.2, 0.25) is 0 Å². The van der Waals surface area contributed by atoms with E-state index in [0.29, 0.717) is 24.0 Å². The molecule has 4 nitrogen and oxygen atoms in total. The number of nitrogens with zero attached hydrogens (tertiary/aromatic N) is 1. The Kier molecular flexibility index (Phi) is 4.66. The minimum atomic E-state index is -3.43. The van der Waals surface area contributed by atoms with Crippen molar-refractivity contribution in [3.8, 4) is 0 Å². The van der Waals surface area contributed by atoms with Crippen molar-refractivity contribution < 1.29 is 13.2 Å². The number of benzene rings is 1. The van der Waals surface area contributed by atoms with Crippen LogP contribution < -0.4 is 0 Å². The predicted octanol–water partition coefficient (Wildman–Crippen LogP) is 2.41. The number of hydrogen-bond acceptors (Lipinski definition) is 3. The summed E-state index contributed by atoms with van der Waals surface area (Å²) in [6.45, 7) is 3.70. The Morgan fingerprint density at radius 2 is 2.21 bits per heavy atom. The third-order valence-corrected chi connectivity index (χ3v) is 6.27. The van der Waals surface area contributed by atoms with Gasteiger partial charge in [0.05, 0.1) is 11.5 Å². The quantitative estimate of drug-likeness (QED) is 0.840. The normalized spacial score (nSPS) is 20.1. The molecule has 106 valence electrons. The van der Waals surface area contributed by atoms with Crippen molar-refractivity contribution in [3.63, 3.8) is 0 Å². The summed E-state index contributed by atoms with van der Waals surface area (Å²) in [7, 11) is -1.80. The Morgan fingerprint density at radius 3 is 2.84 bits per heavy atom. The predicted molar refractivity (Wildman–Crippen MR) is 77.6 cm³/mol. The van der Waals surface area contributed by atoms with Crippen LogP contribution in [0.25, 0.3) is 0 Å². The summed E-state index contributed by atoms with van der Waals surface area (Å²) in [5.41, 5.74) is 0.747. The molecule has 0 N–H and O–H groups in total. The van der Waals surface area contributed by atoms with Gasteiger partial charge in [-0.2, -0.15) is 0 Å². The second kappa shape index (κ2) is 5.91. The van der Waals surface area contributed by atoms with Gasteiger partial charge in [-0.15, -0.1) is 0 Å². The maximum Gasteiger partial charge on any atom is 0.243 e. The summed E-state index contributed by atoms with van der Waals surface area (Å²) in [5.74, 6) is 0.298. The lowest BCUT2D eigenvalue weighted by Crippen LogP contribution is -2.32. The highest BCUT2D eigenvalue weighted by molar-refractivity contribution is 9.10. The highest BCUT2D eigenvalue weighted by Gasteiger charge is 2.27. The molecule has 0 spiro atoms. The van der Waals surface area contributed by atoms with Crippen LogP contribution in [0.4, 0.5) is 0 Å². The van der Waals surface area contributed by atoms with Gasteiger partial charge >= 0.3 is 0 Å². The van der Waals surface area contributed by atoms with Crippen LogP contribution in [-0.4, -0.2) is 39.5 Å². The molecule has 1 heterocycles. The molecule has 2 rings (SSSR count). The van der Waals surface area contributed by atoms with Gasteiger partial charge in [-0.3, -0.25) is 0 Å². The standard InChI is InChI=1S/C13H18BrNO3S/c1-10-12(14)4-3-5-13(10)19(16,17)15(2)8-11-6-7-18-9-11/h3-5,11H,6-9H2,1-2H3/t11-/m0/s1. The summed E-state index contributed by atoms with van der Waals surface area (Å²) in [6, 6.07) is 5.24. The maximum atomic E-state index is 12.6. The first-order valence-electron chi connectivity index (χ1n) is 6.22. The van der Waals surface area contributed by atoms with Crippen molar-refractivity contribution in [1.29, 1.82) is 0 Å². The largest absolute Gasteiger partial charge is 0.381 e. The van der Waals surface area contributed by atoms with Gasteiger partial charge in [0, 0.05) is 24.7 Å². The van der Waals surface area contributed by atoms with Crippen molar-refractivity contribution in [2.24, 2.45) is 5.92 Å². The fourth-order valence-electron chi connectivity index (χ4n) is 2.22. The van der Waals surface area contributed by atoms with Gasteiger partial charge in [0.25, 0.3) is 0 Å². The summed E-state index contributed by atoms with van der Waals surface area (Å²) in [6.07, 6.45) is 0.928. The first-order valence-corrected chi connectivity index (χ1v) is 8.45. The molecule has 1 atom stereocenters. The van der Waals surface area contributed by atoms with E-state index < -0.39 is 10.0 Å². The van der Waals surface area contributed by atoms with E-state index >= 15 is 0 Å². The molecule has 6 heteroatoms. The highest BCUT2D eigenvalue weighted by atomic mass is 79.9. The molecule has 0 radical (unpaired) electrons. The maximum absolute atomic E-state index is 12.6. The molecule has 1 aromatic carbocycles. The molecule has 0 unspecified atom stereocenters. The molecule has 0 aliphatic carbocycles. The first-order chi connectivity index (χ1) is 8.93. The average molecular weight is 348 g/mol. The lowest BCUT2D eigenvalue weighted by molar-refractivity contribution is 0.182. The first kappa shape index (κ1) is 15.0. The van der Waals surface area contributed by atoms with Crippen LogP contribution in [0.1, 0.15) is 12.0 Å². The van der Waals surface area contributed by atoms with Gasteiger partial charge in [-0.05, 0) is 37.0 Å². The van der Waals surface area contributed by atoms with E-state index in [1.165, 1.54) is 4.31 Å². The van der Waals surface area contributed by atoms with Gasteiger partial charge in [0.2, 0.25) is 10.0 Å². The lowest BCUT2D eigenvalue weighted by Gasteiger charge is -2.21. The van der Waals surface area contributed by atoms with E-state index in [0.717, 1.165) is 23.1 Å². The van der Waals surface area contributed by atoms with Gasteiger partial charge in [-0.25, -0.2) is 12.7 Å². The molecule has 1 aliphatic heterocycles. The van der Waals surface area contributed by atoms with E-state index in [9.17, 15) is 8.42 Å². The van der Waals surface area contributed by atoms with E-state index in [1.54, 1.807) is 19.2 Å². The molecule has 1 fully saturated rings. The Labute approximate surface area is 122 Å². The van der Waals surface area contributed by atoms with Crippen LogP contribution in [0.5, 0.6) is 0 Å². The second-order valence-corrected chi connectivity index (χ2v) is 7.75. The second-order valence-electron chi connectivity index (χ2n) is 4.88. The molecule has 19 heavy (non-hydrogen) atoms. The third-order valence-electron chi connectivity index (χ3n) is 3.45. The van der Waals surface area contributed by atoms with E-state index in [-0.39, 0.29) is 0 Å². The van der Waals surface area contributed by atoms with E-state index in [1.807, 2.05) is 13.0 Å². The minimum Gasteiger partial charge on any atom is -0.381 e. The number of halogens is 1. The average Bonchev–Trinajstić information content (AvgIpc) is 2.85. The third kappa shape index (κ3) is 3.18. The monoisotopic (exact) mass is 347 g/mol. The van der Waals surface area contributed by atoms with Crippen LogP contribution in [0, 0.1) is 12.8 Å². The van der Waals surface area contributed by atoms with Crippen LogP contribution in [0.3, 0.4) is 0 Å². The van der Waals surface area contributed by atoms with Crippen LogP contribution in [-0.2, 0) is 14.8 Å². The smallest absolute Gasteiger partial charge is 0.243 e. The Balaban J connectivity index is 2.23. The molecule has 0 aromatic heterocycles. The van der Waals surface area contributed by atoms with Crippen molar-refractivity contribution in [2.75, 3.05) is 26.8 Å². The molecule has 0 bridgehead atoms. The van der Waals surface area contributed by atoms with Gasteiger partial charge in [0.15, 0.2) is 0 Å². The summed E-state index contributed by atoms with van der Waals surface area (Å²) >= 11 is 3.37. The molecule has 1 saturated heterocycles. The van der Waals surface area contributed by atoms with Crippen molar-refractivity contribution in [1.82, 2.24) is 4.31 Å². The zero-order valence-electron chi connectivity index (χ0n) is 11.1. The Hall–Kier alpha value is -0.430. The van der Waals surface area contributed by atoms with Gasteiger partial charge in [-0.1, -0.05) is 22.0 Å². The summed E-state index contributed by atoms with van der Waals surface area (Å²) < 4.78 is 32.6. The Bertz CT molecular complexity index is 553. The van der Waals surface area contributed by atoms with Crippen molar-refractivity contribution in [3.05, 3.63) is 28.2 Å². The molecular formula is C13H18BrNO3S. The molecule has 1 aliphatic rings. The van der Waals surface area contributed by atoms with E-state index in [2.05, 4.69) is 15.9 Å². The van der Waals surface area contributed by atoms with Crippen LogP contribution in [0.15, 0.2) is 27.6 Å². The number of hydrogen-bond donors (Lipinski definition) is 0. The summed E-state index contributed by atoms with van der Waals surface area (Å²) in [5, 5.41) is 0. The molecule has 0 saturated carbocycles. The van der Waals surface area contributed by atoms with Gasteiger partial charge < -0.3 is 4.74 Å². The number of rotatable bonds is 4. The van der Waals surface area contributed by atoms with Crippen molar-refractivity contribution >= 4 is 26.0 Å². The Morgan fingerprint density at radius 1 is 1.47 bits per heavy atom. The SMILES string of the molecule is Cc1c(Br)cccc1S(=O)(=O)N(C)C[C@@H]1CCOC1. The summed E-state index contributed by atoms with van der Waals surface area (Å²) in [4.78, 5) is 0.364. The zero-order chi connectivity index (χ0) is 14.0.